The Kier molecular flexibility index (Phi) is 3.16. The zero-order chi connectivity index (χ0) is 9.78. The van der Waals surface area contributed by atoms with Crippen LogP contribution in [0, 0.1) is 11.3 Å². The molecule has 0 aliphatic carbocycles. The summed E-state index contributed by atoms with van der Waals surface area (Å²) in [4.78, 5) is 20.2. The van der Waals surface area contributed by atoms with Gasteiger partial charge in [-0.05, 0) is 0 Å². The first kappa shape index (κ1) is 10.4. The fraction of sp³-hybridized carbons (Fsp3) is 0.500. The van der Waals surface area contributed by atoms with Crippen molar-refractivity contribution in [2.24, 2.45) is 0 Å². The fourth-order valence-electron chi connectivity index (χ4n) is 0.533. The maximum atomic E-state index is 12.9. The molecule has 0 atom stereocenters. The van der Waals surface area contributed by atoms with Crippen LogP contribution in [0.2, 0.25) is 0 Å². The third-order valence-corrected chi connectivity index (χ3v) is 1.26. The molecule has 5 nitrogen and oxygen atoms in total. The van der Waals surface area contributed by atoms with Crippen LogP contribution in [0.4, 0.5) is 4.39 Å². The summed E-state index contributed by atoms with van der Waals surface area (Å²) in [5.74, 6) is -4.16. The van der Waals surface area contributed by atoms with E-state index >= 15 is 0 Å². The number of hydrogen-bond donors (Lipinski definition) is 2. The molecule has 0 aromatic carbocycles. The predicted molar refractivity (Wildman–Crippen MR) is 34.0 cm³/mol. The maximum absolute atomic E-state index is 12.9. The largest absolute Gasteiger partial charge is 0.478 e. The lowest BCUT2D eigenvalue weighted by atomic mass is 10.0. The van der Waals surface area contributed by atoms with Crippen molar-refractivity contribution in [3.63, 3.8) is 0 Å². The molecule has 0 unspecified atom stereocenters. The van der Waals surface area contributed by atoms with Gasteiger partial charge in [-0.3, -0.25) is 0 Å². The van der Waals surface area contributed by atoms with Gasteiger partial charge < -0.3 is 10.2 Å². The van der Waals surface area contributed by atoms with E-state index in [-0.39, 0.29) is 0 Å². The van der Waals surface area contributed by atoms with Crippen LogP contribution in [0.1, 0.15) is 12.8 Å². The average Bonchev–Trinajstić information content (AvgIpc) is 1.99. The third kappa shape index (κ3) is 1.92. The number of hydrogen-bond acceptors (Lipinski definition) is 3. The van der Waals surface area contributed by atoms with Gasteiger partial charge in [-0.25, -0.2) is 14.0 Å². The van der Waals surface area contributed by atoms with Crippen molar-refractivity contribution >= 4 is 11.9 Å². The van der Waals surface area contributed by atoms with E-state index in [2.05, 4.69) is 0 Å². The highest BCUT2D eigenvalue weighted by Crippen LogP contribution is 2.18. The molecule has 0 rings (SSSR count). The van der Waals surface area contributed by atoms with E-state index < -0.39 is 30.4 Å². The van der Waals surface area contributed by atoms with Gasteiger partial charge in [-0.2, -0.15) is 5.26 Å². The van der Waals surface area contributed by atoms with Gasteiger partial charge in [0.1, 0.15) is 0 Å². The SMILES string of the molecule is N#CCCC(F)(C(=O)O)C(=O)O. The minimum absolute atomic E-state index is 0.449. The van der Waals surface area contributed by atoms with Gasteiger partial charge in [0.2, 0.25) is 0 Å². The minimum atomic E-state index is -3.34. The molecule has 0 saturated heterocycles. The highest BCUT2D eigenvalue weighted by molar-refractivity contribution is 6.01. The van der Waals surface area contributed by atoms with Crippen molar-refractivity contribution in [1.82, 2.24) is 0 Å². The lowest BCUT2D eigenvalue weighted by molar-refractivity contribution is -0.167. The second kappa shape index (κ2) is 3.67. The predicted octanol–water partition coefficient (Wildman–Crippen LogP) is 0.168. The molecular formula is C6H6FNO4. The zero-order valence-electron chi connectivity index (χ0n) is 5.95. The molecule has 0 aromatic rings. The second-order valence-electron chi connectivity index (χ2n) is 2.07. The van der Waals surface area contributed by atoms with Crippen molar-refractivity contribution in [2.45, 2.75) is 18.5 Å². The summed E-state index contributed by atoms with van der Waals surface area (Å²) in [7, 11) is 0. The van der Waals surface area contributed by atoms with Crippen LogP contribution in [-0.2, 0) is 9.59 Å². The van der Waals surface area contributed by atoms with Crippen molar-refractivity contribution in [2.75, 3.05) is 0 Å². The molecule has 12 heavy (non-hydrogen) atoms. The molecule has 0 bridgehead atoms. The Morgan fingerprint density at radius 1 is 1.42 bits per heavy atom. The Morgan fingerprint density at radius 2 is 1.83 bits per heavy atom. The third-order valence-electron chi connectivity index (χ3n) is 1.26. The number of halogens is 1. The number of rotatable bonds is 4. The number of nitriles is 1. The molecule has 0 amide bonds. The minimum Gasteiger partial charge on any atom is -0.478 e. The van der Waals surface area contributed by atoms with E-state index in [1.54, 1.807) is 0 Å². The lowest BCUT2D eigenvalue weighted by Crippen LogP contribution is -2.42. The quantitative estimate of drug-likeness (QED) is 0.593. The van der Waals surface area contributed by atoms with Gasteiger partial charge in [0.05, 0.1) is 6.07 Å². The number of carbonyl (C=O) groups is 2. The van der Waals surface area contributed by atoms with Crippen LogP contribution in [0.5, 0.6) is 0 Å². The first-order chi connectivity index (χ1) is 5.45. The van der Waals surface area contributed by atoms with Gasteiger partial charge in [0, 0.05) is 12.8 Å². The number of nitrogens with zero attached hydrogens (tertiary/aromatic N) is 1. The molecule has 0 saturated carbocycles. The van der Waals surface area contributed by atoms with Crippen LogP contribution in [0.25, 0.3) is 0 Å². The Labute approximate surface area is 67.0 Å². The second-order valence-corrected chi connectivity index (χ2v) is 2.07. The van der Waals surface area contributed by atoms with Gasteiger partial charge in [-0.15, -0.1) is 0 Å². The summed E-state index contributed by atoms with van der Waals surface area (Å²) >= 11 is 0. The number of aliphatic carboxylic acids is 2. The summed E-state index contributed by atoms with van der Waals surface area (Å²) in [6.45, 7) is 0. The molecule has 0 aromatic heterocycles. The summed E-state index contributed by atoms with van der Waals surface area (Å²) in [5.41, 5.74) is -3.34. The standard InChI is InChI=1S/C6H6FNO4/c7-6(4(9)10,5(11)12)2-1-3-8/h1-2H2,(H,9,10)(H,11,12). The van der Waals surface area contributed by atoms with E-state index in [4.69, 9.17) is 15.5 Å². The van der Waals surface area contributed by atoms with Crippen LogP contribution in [0.15, 0.2) is 0 Å². The van der Waals surface area contributed by atoms with Crippen LogP contribution < -0.4 is 0 Å². The topological polar surface area (TPSA) is 98.4 Å². The normalized spacial score (nSPS) is 10.3. The first-order valence-corrected chi connectivity index (χ1v) is 2.98. The van der Waals surface area contributed by atoms with E-state index in [1.807, 2.05) is 0 Å². The van der Waals surface area contributed by atoms with Gasteiger partial charge >= 0.3 is 17.6 Å². The van der Waals surface area contributed by atoms with Crippen LogP contribution in [0.3, 0.4) is 0 Å². The molecule has 66 valence electrons. The molecule has 0 heterocycles. The average molecular weight is 175 g/mol. The molecule has 2 N–H and O–H groups in total. The Hall–Kier alpha value is -1.64. The number of carboxylic acid groups (broad SMARTS) is 2. The van der Waals surface area contributed by atoms with Crippen molar-refractivity contribution in [3.8, 4) is 6.07 Å². The molecule has 0 radical (unpaired) electrons. The van der Waals surface area contributed by atoms with E-state index in [0.717, 1.165) is 0 Å². The summed E-state index contributed by atoms with van der Waals surface area (Å²) in [6.07, 6.45) is -1.29. The highest BCUT2D eigenvalue weighted by atomic mass is 19.1. The maximum Gasteiger partial charge on any atom is 0.353 e. The molecular weight excluding hydrogens is 169 g/mol. The van der Waals surface area contributed by atoms with Crippen LogP contribution >= 0.6 is 0 Å². The Morgan fingerprint density at radius 3 is 2.08 bits per heavy atom. The monoisotopic (exact) mass is 175 g/mol. The van der Waals surface area contributed by atoms with E-state index in [9.17, 15) is 14.0 Å². The summed E-state index contributed by atoms with van der Waals surface area (Å²) in [6, 6.07) is 1.47. The van der Waals surface area contributed by atoms with Crippen molar-refractivity contribution < 1.29 is 24.2 Å². The molecule has 0 aliphatic heterocycles. The Balaban J connectivity index is 4.54. The highest BCUT2D eigenvalue weighted by Gasteiger charge is 2.46. The first-order valence-electron chi connectivity index (χ1n) is 2.98. The summed E-state index contributed by atoms with van der Waals surface area (Å²) in [5, 5.41) is 24.3. The lowest BCUT2D eigenvalue weighted by Gasteiger charge is -2.12. The van der Waals surface area contributed by atoms with Gasteiger partial charge in [0.15, 0.2) is 0 Å². The van der Waals surface area contributed by atoms with Gasteiger partial charge in [-0.1, -0.05) is 0 Å². The smallest absolute Gasteiger partial charge is 0.353 e. The molecule has 0 aliphatic rings. The van der Waals surface area contributed by atoms with Crippen molar-refractivity contribution in [1.29, 1.82) is 5.26 Å². The van der Waals surface area contributed by atoms with Gasteiger partial charge in [0.25, 0.3) is 0 Å². The number of alkyl halides is 1. The molecule has 0 spiro atoms. The fourth-order valence-corrected chi connectivity index (χ4v) is 0.533. The molecule has 0 fully saturated rings. The molecule has 6 heteroatoms. The zero-order valence-corrected chi connectivity index (χ0v) is 5.95. The van der Waals surface area contributed by atoms with Crippen LogP contribution in [-0.4, -0.2) is 27.8 Å². The van der Waals surface area contributed by atoms with Crippen molar-refractivity contribution in [3.05, 3.63) is 0 Å². The Bertz CT molecular complexity index is 230. The number of carboxylic acids is 2. The summed E-state index contributed by atoms with van der Waals surface area (Å²) < 4.78 is 12.9. The van der Waals surface area contributed by atoms with E-state index in [1.165, 1.54) is 6.07 Å². The van der Waals surface area contributed by atoms with E-state index in [0.29, 0.717) is 0 Å².